The molecule has 0 amide bonds. The maximum absolute atomic E-state index is 11.4. The molecule has 1 N–H and O–H groups in total. The van der Waals surface area contributed by atoms with Crippen LogP contribution in [0.4, 0.5) is 0 Å². The summed E-state index contributed by atoms with van der Waals surface area (Å²) in [5, 5.41) is 4.21. The van der Waals surface area contributed by atoms with Gasteiger partial charge < -0.3 is 5.32 Å². The lowest BCUT2D eigenvalue weighted by Gasteiger charge is -2.21. The molecule has 2 rings (SSSR count). The minimum Gasteiger partial charge on any atom is -0.316 e. The van der Waals surface area contributed by atoms with Crippen LogP contribution in [0.2, 0.25) is 0 Å². The number of hydrogen-bond donors (Lipinski definition) is 1. The molecule has 0 aromatic carbocycles. The third kappa shape index (κ3) is 4.26. The van der Waals surface area contributed by atoms with Gasteiger partial charge in [0.05, 0.1) is 5.69 Å². The average molecular weight is 302 g/mol. The van der Waals surface area contributed by atoms with E-state index in [0.29, 0.717) is 5.92 Å². The van der Waals surface area contributed by atoms with E-state index in [1.165, 1.54) is 17.6 Å². The predicted octanol–water partition coefficient (Wildman–Crippen LogP) is 2.11. The van der Waals surface area contributed by atoms with Gasteiger partial charge in [-0.15, -0.1) is 11.3 Å². The highest BCUT2D eigenvalue weighted by atomic mass is 32.2. The van der Waals surface area contributed by atoms with E-state index in [9.17, 15) is 8.42 Å². The van der Waals surface area contributed by atoms with Crippen molar-refractivity contribution >= 4 is 21.2 Å². The first kappa shape index (κ1) is 14.9. The van der Waals surface area contributed by atoms with Crippen LogP contribution in [-0.2, 0) is 22.0 Å². The Morgan fingerprint density at radius 1 is 1.47 bits per heavy atom. The summed E-state index contributed by atoms with van der Waals surface area (Å²) in [5.41, 5.74) is 1.15. The number of aryl methyl sites for hydroxylation is 1. The molecule has 1 aromatic rings. The highest BCUT2D eigenvalue weighted by Gasteiger charge is 2.25. The summed E-state index contributed by atoms with van der Waals surface area (Å²) in [7, 11) is -2.98. The number of sulfone groups is 1. The molecule has 1 aliphatic rings. The monoisotopic (exact) mass is 302 g/mol. The van der Waals surface area contributed by atoms with Crippen LogP contribution in [0.5, 0.6) is 0 Å². The van der Waals surface area contributed by atoms with E-state index >= 15 is 0 Å². The minimum atomic E-state index is -2.98. The van der Waals surface area contributed by atoms with Crippen molar-refractivity contribution in [1.82, 2.24) is 10.3 Å². The Morgan fingerprint density at radius 2 is 2.26 bits per heavy atom. The first-order chi connectivity index (χ1) is 8.99. The van der Waals surface area contributed by atoms with Gasteiger partial charge in [0.2, 0.25) is 0 Å². The normalized spacial score (nSPS) is 19.4. The van der Waals surface area contributed by atoms with Crippen LogP contribution in [-0.4, -0.2) is 32.7 Å². The van der Waals surface area contributed by atoms with Crippen molar-refractivity contribution in [3.63, 3.8) is 0 Å². The van der Waals surface area contributed by atoms with Gasteiger partial charge in [-0.05, 0) is 32.2 Å². The largest absolute Gasteiger partial charge is 0.316 e. The van der Waals surface area contributed by atoms with Crippen molar-refractivity contribution in [3.05, 3.63) is 15.6 Å². The Bertz CT molecular complexity index is 523. The summed E-state index contributed by atoms with van der Waals surface area (Å²) >= 11 is 1.59. The summed E-state index contributed by atoms with van der Waals surface area (Å²) in [5.74, 6) is 0.541. The molecule has 4 nitrogen and oxygen atoms in total. The van der Waals surface area contributed by atoms with E-state index in [1.807, 2.05) is 0 Å². The summed E-state index contributed by atoms with van der Waals surface area (Å²) in [6, 6.07) is 0. The Hall–Kier alpha value is -0.460. The second kappa shape index (κ2) is 6.33. The molecule has 19 heavy (non-hydrogen) atoms. The minimum absolute atomic E-state index is 0.0831. The molecular weight excluding hydrogens is 280 g/mol. The zero-order valence-electron chi connectivity index (χ0n) is 11.6. The Labute approximate surface area is 119 Å². The third-order valence-corrected chi connectivity index (χ3v) is 5.43. The van der Waals surface area contributed by atoms with Gasteiger partial charge in [-0.25, -0.2) is 13.4 Å². The topological polar surface area (TPSA) is 59.1 Å². The number of hydrogen-bond acceptors (Lipinski definition) is 5. The van der Waals surface area contributed by atoms with Gasteiger partial charge in [0, 0.05) is 23.6 Å². The summed E-state index contributed by atoms with van der Waals surface area (Å²) < 4.78 is 22.7. The zero-order valence-corrected chi connectivity index (χ0v) is 13.2. The fraction of sp³-hybridized carbons (Fsp3) is 0.769. The molecule has 0 fully saturated rings. The molecule has 0 saturated heterocycles. The van der Waals surface area contributed by atoms with Gasteiger partial charge in [0.1, 0.15) is 10.8 Å². The average Bonchev–Trinajstić information content (AvgIpc) is 2.69. The van der Waals surface area contributed by atoms with Gasteiger partial charge >= 0.3 is 0 Å². The summed E-state index contributed by atoms with van der Waals surface area (Å²) in [6.45, 7) is 4.15. The van der Waals surface area contributed by atoms with Gasteiger partial charge in [-0.2, -0.15) is 0 Å². The maximum atomic E-state index is 11.4. The summed E-state index contributed by atoms with van der Waals surface area (Å²) in [4.78, 5) is 5.89. The van der Waals surface area contributed by atoms with E-state index in [1.54, 1.807) is 11.3 Å². The Morgan fingerprint density at radius 3 is 2.95 bits per heavy atom. The molecule has 1 atom stereocenters. The number of fused-ring (bicyclic) bond motifs is 1. The van der Waals surface area contributed by atoms with Gasteiger partial charge in [0.15, 0.2) is 9.84 Å². The molecule has 0 radical (unpaired) electrons. The van der Waals surface area contributed by atoms with Crippen molar-refractivity contribution in [2.45, 2.75) is 44.3 Å². The number of nitrogens with zero attached hydrogens (tertiary/aromatic N) is 1. The quantitative estimate of drug-likeness (QED) is 0.818. The van der Waals surface area contributed by atoms with E-state index in [0.717, 1.165) is 43.1 Å². The number of rotatable bonds is 6. The fourth-order valence-corrected chi connectivity index (χ4v) is 4.88. The van der Waals surface area contributed by atoms with Gasteiger partial charge in [0.25, 0.3) is 0 Å². The lowest BCUT2D eigenvalue weighted by Crippen LogP contribution is -2.24. The molecule has 0 bridgehead atoms. The highest BCUT2D eigenvalue weighted by molar-refractivity contribution is 7.90. The maximum Gasteiger partial charge on any atom is 0.153 e. The van der Waals surface area contributed by atoms with Crippen LogP contribution in [0.1, 0.15) is 47.7 Å². The lowest BCUT2D eigenvalue weighted by molar-refractivity contribution is 0.501. The molecule has 108 valence electrons. The van der Waals surface area contributed by atoms with E-state index < -0.39 is 9.84 Å². The number of nitrogens with one attached hydrogen (secondary N) is 1. The number of aromatic nitrogens is 1. The summed E-state index contributed by atoms with van der Waals surface area (Å²) in [6.07, 6.45) is 5.81. The molecule has 1 heterocycles. The zero-order chi connectivity index (χ0) is 13.9. The van der Waals surface area contributed by atoms with Crippen LogP contribution in [0.25, 0.3) is 0 Å². The number of thiazole rings is 1. The molecule has 6 heteroatoms. The van der Waals surface area contributed by atoms with E-state index in [-0.39, 0.29) is 5.75 Å². The van der Waals surface area contributed by atoms with Crippen LogP contribution >= 0.6 is 11.3 Å². The fourth-order valence-electron chi connectivity index (χ4n) is 2.50. The standard InChI is InChI=1S/C13H22N2O2S2/c1-3-7-14-8-10-5-4-6-11-13(10)15-12(18-11)9-19(2,16)17/h10,14H,3-9H2,1-2H3. The molecule has 1 aromatic heterocycles. The van der Waals surface area contributed by atoms with E-state index in [2.05, 4.69) is 17.2 Å². The molecule has 0 saturated carbocycles. The van der Waals surface area contributed by atoms with Crippen LogP contribution in [0, 0.1) is 0 Å². The highest BCUT2D eigenvalue weighted by Crippen LogP contribution is 2.34. The van der Waals surface area contributed by atoms with Crippen molar-refractivity contribution in [2.75, 3.05) is 19.3 Å². The van der Waals surface area contributed by atoms with Crippen LogP contribution in [0.3, 0.4) is 0 Å². The first-order valence-electron chi connectivity index (χ1n) is 6.86. The lowest BCUT2D eigenvalue weighted by atomic mass is 9.91. The third-order valence-electron chi connectivity index (χ3n) is 3.32. The van der Waals surface area contributed by atoms with Crippen LogP contribution in [0.15, 0.2) is 0 Å². The van der Waals surface area contributed by atoms with Crippen LogP contribution < -0.4 is 5.32 Å². The van der Waals surface area contributed by atoms with Crippen molar-refractivity contribution in [1.29, 1.82) is 0 Å². The first-order valence-corrected chi connectivity index (χ1v) is 9.74. The van der Waals surface area contributed by atoms with Crippen molar-refractivity contribution in [3.8, 4) is 0 Å². The second-order valence-electron chi connectivity index (χ2n) is 5.28. The predicted molar refractivity (Wildman–Crippen MR) is 79.5 cm³/mol. The van der Waals surface area contributed by atoms with Crippen molar-refractivity contribution < 1.29 is 8.42 Å². The molecule has 1 unspecified atom stereocenters. The van der Waals surface area contributed by atoms with Gasteiger partial charge in [-0.1, -0.05) is 6.92 Å². The molecule has 0 spiro atoms. The van der Waals surface area contributed by atoms with E-state index in [4.69, 9.17) is 0 Å². The molecule has 1 aliphatic carbocycles. The smallest absolute Gasteiger partial charge is 0.153 e. The molecular formula is C13H22N2O2S2. The Kier molecular flexibility index (Phi) is 4.97. The molecule has 0 aliphatic heterocycles. The van der Waals surface area contributed by atoms with Crippen molar-refractivity contribution in [2.24, 2.45) is 0 Å². The second-order valence-corrected chi connectivity index (χ2v) is 8.59. The Balaban J connectivity index is 2.10. The SMILES string of the molecule is CCCNCC1CCCc2sc(CS(C)(=O)=O)nc21. The van der Waals surface area contributed by atoms with Gasteiger partial charge in [-0.3, -0.25) is 0 Å².